The molecule has 4 unspecified atom stereocenters. The molecule has 1 aliphatic rings. The van der Waals surface area contributed by atoms with Gasteiger partial charge in [0.2, 0.25) is 5.89 Å². The average Bonchev–Trinajstić information content (AvgIpc) is 2.91. The summed E-state index contributed by atoms with van der Waals surface area (Å²) in [6, 6.07) is 0. The largest absolute Gasteiger partial charge is 0.465 e. The van der Waals surface area contributed by atoms with Crippen molar-refractivity contribution in [1.82, 2.24) is 10.1 Å². The molecule has 0 bridgehead atoms. The highest BCUT2D eigenvalue weighted by Crippen LogP contribution is 2.43. The number of carbonyl (C=O) groups is 1. The van der Waals surface area contributed by atoms with Gasteiger partial charge in [0, 0.05) is 16.3 Å². The van der Waals surface area contributed by atoms with Crippen LogP contribution in [0.3, 0.4) is 0 Å². The Balaban J connectivity index is 2.03. The van der Waals surface area contributed by atoms with E-state index in [0.717, 1.165) is 5.75 Å². The molecule has 0 radical (unpaired) electrons. The summed E-state index contributed by atoms with van der Waals surface area (Å²) in [7, 11) is 0. The molecule has 1 fully saturated rings. The topological polar surface area (TPSA) is 65.2 Å². The second-order valence-electron chi connectivity index (χ2n) is 4.83. The Hall–Kier alpha value is -0.690. The maximum atomic E-state index is 11.7. The monoisotopic (exact) mass is 316 g/mol. The summed E-state index contributed by atoms with van der Waals surface area (Å²) in [6.07, 6.45) is 0. The zero-order valence-corrected chi connectivity index (χ0v) is 13.8. The van der Waals surface area contributed by atoms with Gasteiger partial charge in [-0.1, -0.05) is 19.0 Å². The van der Waals surface area contributed by atoms with E-state index in [4.69, 9.17) is 9.26 Å². The maximum absolute atomic E-state index is 11.7. The van der Waals surface area contributed by atoms with Crippen molar-refractivity contribution >= 4 is 29.5 Å². The van der Waals surface area contributed by atoms with Crippen LogP contribution in [0, 0.1) is 0 Å². The summed E-state index contributed by atoms with van der Waals surface area (Å²) in [4.78, 5) is 16.0. The van der Waals surface area contributed by atoms with Crippen molar-refractivity contribution in [2.75, 3.05) is 12.4 Å². The van der Waals surface area contributed by atoms with Crippen LogP contribution in [0.1, 0.15) is 50.6 Å². The van der Waals surface area contributed by atoms with Crippen molar-refractivity contribution in [3.63, 3.8) is 0 Å². The van der Waals surface area contributed by atoms with E-state index in [1.54, 1.807) is 13.8 Å². The first kappa shape index (κ1) is 15.7. The number of aromatic nitrogens is 2. The molecule has 0 amide bonds. The van der Waals surface area contributed by atoms with E-state index in [0.29, 0.717) is 28.8 Å². The van der Waals surface area contributed by atoms with Crippen LogP contribution in [0.2, 0.25) is 0 Å². The third-order valence-corrected chi connectivity index (χ3v) is 6.69. The first-order chi connectivity index (χ1) is 9.52. The minimum Gasteiger partial charge on any atom is -0.465 e. The summed E-state index contributed by atoms with van der Waals surface area (Å²) in [5.41, 5.74) is 0. The molecule has 112 valence electrons. The molecule has 20 heavy (non-hydrogen) atoms. The van der Waals surface area contributed by atoms with Crippen molar-refractivity contribution < 1.29 is 14.1 Å². The molecule has 0 aromatic carbocycles. The van der Waals surface area contributed by atoms with E-state index in [-0.39, 0.29) is 11.2 Å². The minimum absolute atomic E-state index is 0.234. The minimum atomic E-state index is -0.506. The van der Waals surface area contributed by atoms with E-state index in [9.17, 15) is 4.79 Å². The Labute approximate surface area is 127 Å². The lowest BCUT2D eigenvalue weighted by atomic mass is 10.2. The molecular formula is C13H20N2O3S2. The van der Waals surface area contributed by atoms with Crippen molar-refractivity contribution in [3.05, 3.63) is 11.7 Å². The van der Waals surface area contributed by atoms with Crippen LogP contribution < -0.4 is 0 Å². The molecule has 1 aromatic heterocycles. The van der Waals surface area contributed by atoms with Crippen LogP contribution in [0.15, 0.2) is 4.52 Å². The highest BCUT2D eigenvalue weighted by atomic mass is 32.2. The van der Waals surface area contributed by atoms with Gasteiger partial charge in [-0.25, -0.2) is 0 Å². The maximum Gasteiger partial charge on any atom is 0.318 e. The lowest BCUT2D eigenvalue weighted by molar-refractivity contribution is -0.145. The fourth-order valence-corrected chi connectivity index (χ4v) is 4.67. The molecule has 4 atom stereocenters. The van der Waals surface area contributed by atoms with Crippen molar-refractivity contribution in [2.45, 2.75) is 49.4 Å². The predicted octanol–water partition coefficient (Wildman–Crippen LogP) is 3.03. The second kappa shape index (κ2) is 6.85. The van der Waals surface area contributed by atoms with E-state index in [1.165, 1.54) is 0 Å². The van der Waals surface area contributed by atoms with Crippen LogP contribution in [0.5, 0.6) is 0 Å². The van der Waals surface area contributed by atoms with E-state index in [2.05, 4.69) is 24.0 Å². The van der Waals surface area contributed by atoms with Gasteiger partial charge in [-0.05, 0) is 13.8 Å². The van der Waals surface area contributed by atoms with Crippen LogP contribution in [-0.4, -0.2) is 39.0 Å². The molecule has 0 aliphatic carbocycles. The molecule has 1 aliphatic heterocycles. The zero-order valence-electron chi connectivity index (χ0n) is 12.2. The highest BCUT2D eigenvalue weighted by molar-refractivity contribution is 8.07. The fraction of sp³-hybridized carbons (Fsp3) is 0.769. The molecule has 0 saturated carbocycles. The Morgan fingerprint density at radius 3 is 2.90 bits per heavy atom. The van der Waals surface area contributed by atoms with Crippen molar-refractivity contribution in [2.24, 2.45) is 0 Å². The normalized spacial score (nSPS) is 28.1. The summed E-state index contributed by atoms with van der Waals surface area (Å²) in [6.45, 7) is 8.32. The lowest BCUT2D eigenvalue weighted by Gasteiger charge is -2.29. The lowest BCUT2D eigenvalue weighted by Crippen LogP contribution is -2.22. The number of hydrogen-bond donors (Lipinski definition) is 0. The molecule has 7 heteroatoms. The first-order valence-corrected chi connectivity index (χ1v) is 8.79. The van der Waals surface area contributed by atoms with E-state index >= 15 is 0 Å². The zero-order chi connectivity index (χ0) is 14.7. The standard InChI is InChI=1S/C13H20N2O3S2/c1-5-17-13(16)7(2)12-14-11(15-18-12)10-6-19-8(3)9(4)20-10/h7-10H,5-6H2,1-4H3. The van der Waals surface area contributed by atoms with Gasteiger partial charge in [-0.2, -0.15) is 16.7 Å². The Bertz CT molecular complexity index is 466. The van der Waals surface area contributed by atoms with Crippen LogP contribution in [0.25, 0.3) is 0 Å². The number of nitrogens with zero attached hydrogens (tertiary/aromatic N) is 2. The summed E-state index contributed by atoms with van der Waals surface area (Å²) < 4.78 is 10.2. The fourth-order valence-electron chi connectivity index (χ4n) is 1.84. The number of esters is 1. The van der Waals surface area contributed by atoms with Gasteiger partial charge in [0.25, 0.3) is 0 Å². The SMILES string of the molecule is CCOC(=O)C(C)c1nc(C2CSC(C)C(C)S2)no1. The van der Waals surface area contributed by atoms with Gasteiger partial charge >= 0.3 is 5.97 Å². The molecule has 2 heterocycles. The smallest absolute Gasteiger partial charge is 0.318 e. The van der Waals surface area contributed by atoms with Gasteiger partial charge in [0.1, 0.15) is 5.92 Å². The molecular weight excluding hydrogens is 296 g/mol. The van der Waals surface area contributed by atoms with Gasteiger partial charge < -0.3 is 9.26 Å². The van der Waals surface area contributed by atoms with E-state index < -0.39 is 5.92 Å². The molecule has 0 N–H and O–H groups in total. The number of thioether (sulfide) groups is 2. The summed E-state index contributed by atoms with van der Waals surface area (Å²) >= 11 is 3.80. The Kier molecular flexibility index (Phi) is 5.37. The number of carbonyl (C=O) groups excluding carboxylic acids is 1. The van der Waals surface area contributed by atoms with Crippen molar-refractivity contribution in [3.8, 4) is 0 Å². The Morgan fingerprint density at radius 1 is 1.50 bits per heavy atom. The van der Waals surface area contributed by atoms with Gasteiger partial charge in [-0.3, -0.25) is 4.79 Å². The molecule has 1 aromatic rings. The summed E-state index contributed by atoms with van der Waals surface area (Å²) in [5.74, 6) is 1.18. The third-order valence-electron chi connectivity index (χ3n) is 3.31. The Morgan fingerprint density at radius 2 is 2.25 bits per heavy atom. The third kappa shape index (κ3) is 3.49. The average molecular weight is 316 g/mol. The number of ether oxygens (including phenoxy) is 1. The molecule has 5 nitrogen and oxygen atoms in total. The first-order valence-electron chi connectivity index (χ1n) is 6.80. The van der Waals surface area contributed by atoms with Crippen LogP contribution in [-0.2, 0) is 9.53 Å². The molecule has 0 spiro atoms. The van der Waals surface area contributed by atoms with Crippen LogP contribution in [0.4, 0.5) is 0 Å². The number of rotatable bonds is 4. The molecule has 1 saturated heterocycles. The quantitative estimate of drug-likeness (QED) is 0.791. The molecule has 2 rings (SSSR count). The van der Waals surface area contributed by atoms with Gasteiger partial charge in [0.05, 0.1) is 11.9 Å². The number of hydrogen-bond acceptors (Lipinski definition) is 7. The highest BCUT2D eigenvalue weighted by Gasteiger charge is 2.31. The second-order valence-corrected chi connectivity index (χ2v) is 7.83. The van der Waals surface area contributed by atoms with Gasteiger partial charge in [0.15, 0.2) is 5.82 Å². The van der Waals surface area contributed by atoms with E-state index in [1.807, 2.05) is 23.5 Å². The van der Waals surface area contributed by atoms with Gasteiger partial charge in [-0.15, -0.1) is 11.8 Å². The summed E-state index contributed by atoms with van der Waals surface area (Å²) in [5, 5.41) is 5.47. The predicted molar refractivity (Wildman–Crippen MR) is 81.1 cm³/mol. The van der Waals surface area contributed by atoms with Crippen LogP contribution >= 0.6 is 23.5 Å². The van der Waals surface area contributed by atoms with Crippen molar-refractivity contribution in [1.29, 1.82) is 0 Å².